The zero-order valence-corrected chi connectivity index (χ0v) is 25.1. The quantitative estimate of drug-likeness (QED) is 0.311. The summed E-state index contributed by atoms with van der Waals surface area (Å²) in [6.07, 6.45) is 5.30. The van der Waals surface area contributed by atoms with E-state index in [1.165, 1.54) is 16.7 Å². The van der Waals surface area contributed by atoms with E-state index in [-0.39, 0.29) is 23.1 Å². The van der Waals surface area contributed by atoms with Crippen molar-refractivity contribution in [2.75, 3.05) is 12.4 Å². The Morgan fingerprint density at radius 2 is 1.71 bits per heavy atom. The van der Waals surface area contributed by atoms with E-state index in [1.807, 2.05) is 54.6 Å². The van der Waals surface area contributed by atoms with Gasteiger partial charge in [-0.1, -0.05) is 82.6 Å². The highest BCUT2D eigenvalue weighted by Crippen LogP contribution is 2.57. The molecular weight excluding hydrogens is 508 g/mol. The number of hydrogen-bond donors (Lipinski definition) is 2. The number of methoxy groups -OCH3 is 1. The molecule has 0 saturated heterocycles. The smallest absolute Gasteiger partial charge is 0.247 e. The largest absolute Gasteiger partial charge is 0.497 e. The Balaban J connectivity index is 1.40. The maximum Gasteiger partial charge on any atom is 0.247 e. The van der Waals surface area contributed by atoms with Gasteiger partial charge in [0.1, 0.15) is 11.8 Å². The van der Waals surface area contributed by atoms with Crippen LogP contribution >= 0.6 is 0 Å². The van der Waals surface area contributed by atoms with E-state index in [4.69, 9.17) is 4.74 Å². The van der Waals surface area contributed by atoms with Crippen molar-refractivity contribution in [3.05, 3.63) is 95.1 Å². The molecular formula is C36H44N2O3. The molecule has 5 rings (SSSR count). The van der Waals surface area contributed by atoms with Crippen molar-refractivity contribution in [1.82, 2.24) is 5.32 Å². The average molecular weight is 553 g/mol. The maximum atomic E-state index is 14.3. The highest BCUT2D eigenvalue weighted by molar-refractivity contribution is 5.98. The molecule has 41 heavy (non-hydrogen) atoms. The summed E-state index contributed by atoms with van der Waals surface area (Å²) in [5.74, 6) is 1.20. The van der Waals surface area contributed by atoms with Crippen molar-refractivity contribution >= 4 is 17.5 Å². The Hall–Kier alpha value is -3.60. The number of rotatable bonds is 8. The highest BCUT2D eigenvalue weighted by atomic mass is 16.5. The molecule has 1 saturated carbocycles. The van der Waals surface area contributed by atoms with Gasteiger partial charge >= 0.3 is 0 Å². The van der Waals surface area contributed by atoms with Gasteiger partial charge in [-0.25, -0.2) is 0 Å². The van der Waals surface area contributed by atoms with Crippen LogP contribution in [0.5, 0.6) is 5.75 Å². The van der Waals surface area contributed by atoms with E-state index in [1.54, 1.807) is 7.11 Å². The van der Waals surface area contributed by atoms with Crippen LogP contribution in [0, 0.1) is 11.3 Å². The second-order valence-electron chi connectivity index (χ2n) is 12.8. The van der Waals surface area contributed by atoms with Crippen molar-refractivity contribution < 1.29 is 14.3 Å². The minimum absolute atomic E-state index is 0.0125. The van der Waals surface area contributed by atoms with E-state index >= 15 is 0 Å². The van der Waals surface area contributed by atoms with Crippen LogP contribution in [0.25, 0.3) is 0 Å². The molecule has 5 heteroatoms. The second kappa shape index (κ2) is 11.7. The van der Waals surface area contributed by atoms with Crippen molar-refractivity contribution in [3.8, 4) is 5.75 Å². The van der Waals surface area contributed by atoms with Crippen LogP contribution in [0.1, 0.15) is 81.5 Å². The number of ether oxygens (including phenoxy) is 1. The normalized spacial score (nSPS) is 24.1. The van der Waals surface area contributed by atoms with Gasteiger partial charge in [0.05, 0.1) is 12.5 Å². The SMILES string of the molecule is COc1ccc(NC(=O)[C@@H](Cc2ccccc2)NC(=O)[C@]2(C)CCC[C@]3(C)c4ccc(C(C)C)cc4CC[C@@H]23)cc1. The van der Waals surface area contributed by atoms with Crippen LogP contribution in [0.15, 0.2) is 72.8 Å². The molecule has 0 bridgehead atoms. The molecule has 2 amide bonds. The minimum atomic E-state index is -0.693. The summed E-state index contributed by atoms with van der Waals surface area (Å²) in [6.45, 7) is 8.99. The third kappa shape index (κ3) is 5.77. The molecule has 0 radical (unpaired) electrons. The van der Waals surface area contributed by atoms with E-state index in [0.29, 0.717) is 18.0 Å². The number of nitrogens with one attached hydrogen (secondary N) is 2. The van der Waals surface area contributed by atoms with Gasteiger partial charge in [0, 0.05) is 12.1 Å². The van der Waals surface area contributed by atoms with Crippen molar-refractivity contribution in [2.24, 2.45) is 11.3 Å². The summed E-state index contributed by atoms with van der Waals surface area (Å²) in [6, 6.07) is 23.5. The lowest BCUT2D eigenvalue weighted by atomic mass is 9.49. The number of hydrogen-bond acceptors (Lipinski definition) is 3. The fraction of sp³-hybridized carbons (Fsp3) is 0.444. The maximum absolute atomic E-state index is 14.3. The topological polar surface area (TPSA) is 67.4 Å². The standard InChI is InChI=1S/C36H44N2O3/c1-24(2)26-12-18-30-27(23-26)13-19-32-35(30,3)20-9-21-36(32,4)34(40)38-31(22-25-10-7-6-8-11-25)33(39)37-28-14-16-29(41-5)17-15-28/h6-8,10-12,14-18,23-24,31-32H,9,13,19-22H2,1-5H3,(H,37,39)(H,38,40)/t31-,32-,35-,36-/m1/s1. The first-order valence-electron chi connectivity index (χ1n) is 15.1. The zero-order chi connectivity index (χ0) is 29.2. The summed E-state index contributed by atoms with van der Waals surface area (Å²) >= 11 is 0. The number of carbonyl (C=O) groups is 2. The second-order valence-corrected chi connectivity index (χ2v) is 12.8. The number of aryl methyl sites for hydroxylation is 1. The van der Waals surface area contributed by atoms with Crippen LogP contribution in [-0.2, 0) is 27.8 Å². The molecule has 3 aromatic carbocycles. The molecule has 2 aliphatic rings. The van der Waals surface area contributed by atoms with E-state index in [2.05, 4.69) is 56.5 Å². The monoisotopic (exact) mass is 552 g/mol. The lowest BCUT2D eigenvalue weighted by Gasteiger charge is -2.54. The summed E-state index contributed by atoms with van der Waals surface area (Å²) in [5, 5.41) is 6.26. The average Bonchev–Trinajstić information content (AvgIpc) is 2.97. The first kappa shape index (κ1) is 28.9. The molecule has 0 spiro atoms. The van der Waals surface area contributed by atoms with Gasteiger partial charge in [0.2, 0.25) is 11.8 Å². The first-order valence-corrected chi connectivity index (χ1v) is 15.1. The van der Waals surface area contributed by atoms with Crippen molar-refractivity contribution in [3.63, 3.8) is 0 Å². The van der Waals surface area contributed by atoms with Crippen LogP contribution < -0.4 is 15.4 Å². The highest BCUT2D eigenvalue weighted by Gasteiger charge is 2.55. The van der Waals surface area contributed by atoms with E-state index in [0.717, 1.165) is 43.4 Å². The van der Waals surface area contributed by atoms with E-state index in [9.17, 15) is 9.59 Å². The van der Waals surface area contributed by atoms with Crippen LogP contribution in [0.4, 0.5) is 5.69 Å². The van der Waals surface area contributed by atoms with Gasteiger partial charge in [-0.05, 0) is 89.5 Å². The summed E-state index contributed by atoms with van der Waals surface area (Å²) in [7, 11) is 1.61. The minimum Gasteiger partial charge on any atom is -0.497 e. The van der Waals surface area contributed by atoms with Gasteiger partial charge in [-0.3, -0.25) is 9.59 Å². The third-order valence-electron chi connectivity index (χ3n) is 9.82. The predicted molar refractivity (Wildman–Crippen MR) is 165 cm³/mol. The van der Waals surface area contributed by atoms with E-state index < -0.39 is 11.5 Å². The molecule has 216 valence electrons. The summed E-state index contributed by atoms with van der Waals surface area (Å²) in [5.41, 5.74) is 5.30. The van der Waals surface area contributed by atoms with Gasteiger partial charge in [0.15, 0.2) is 0 Å². The molecule has 0 aliphatic heterocycles. The Kier molecular flexibility index (Phi) is 8.26. The molecule has 4 atom stereocenters. The molecule has 0 unspecified atom stereocenters. The molecule has 2 aliphatic carbocycles. The fourth-order valence-corrected chi connectivity index (χ4v) is 7.43. The van der Waals surface area contributed by atoms with Crippen molar-refractivity contribution in [1.29, 1.82) is 0 Å². The van der Waals surface area contributed by atoms with Gasteiger partial charge in [0.25, 0.3) is 0 Å². The zero-order valence-electron chi connectivity index (χ0n) is 25.1. The number of fused-ring (bicyclic) bond motifs is 3. The number of anilines is 1. The molecule has 1 fully saturated rings. The number of carbonyl (C=O) groups excluding carboxylic acids is 2. The van der Waals surface area contributed by atoms with Gasteiger partial charge in [-0.15, -0.1) is 0 Å². The first-order chi connectivity index (χ1) is 19.6. The molecule has 2 N–H and O–H groups in total. The van der Waals surface area contributed by atoms with Crippen LogP contribution in [-0.4, -0.2) is 25.0 Å². The molecule has 0 aromatic heterocycles. The van der Waals surface area contributed by atoms with Crippen molar-refractivity contribution in [2.45, 2.75) is 83.6 Å². The Morgan fingerprint density at radius 3 is 2.39 bits per heavy atom. The molecule has 0 heterocycles. The van der Waals surface area contributed by atoms with Gasteiger partial charge < -0.3 is 15.4 Å². The Labute approximate surface area is 245 Å². The third-order valence-corrected chi connectivity index (χ3v) is 9.82. The fourth-order valence-electron chi connectivity index (χ4n) is 7.43. The molecule has 3 aromatic rings. The number of amides is 2. The van der Waals surface area contributed by atoms with Crippen LogP contribution in [0.2, 0.25) is 0 Å². The van der Waals surface area contributed by atoms with Gasteiger partial charge in [-0.2, -0.15) is 0 Å². The predicted octanol–water partition coefficient (Wildman–Crippen LogP) is 7.20. The summed E-state index contributed by atoms with van der Waals surface area (Å²) in [4.78, 5) is 27.9. The summed E-state index contributed by atoms with van der Waals surface area (Å²) < 4.78 is 5.25. The number of benzene rings is 3. The lowest BCUT2D eigenvalue weighted by molar-refractivity contribution is -0.141. The molecule has 5 nitrogen and oxygen atoms in total. The van der Waals surface area contributed by atoms with Crippen LogP contribution in [0.3, 0.4) is 0 Å². The Morgan fingerprint density at radius 1 is 0.976 bits per heavy atom. The lowest BCUT2D eigenvalue weighted by Crippen LogP contribution is -2.58. The Bertz CT molecular complexity index is 1380.